The molecule has 0 aromatic carbocycles. The number of carbonyl (C=O) groups excluding carboxylic acids is 2. The van der Waals surface area contributed by atoms with Gasteiger partial charge in [-0.25, -0.2) is 0 Å². The summed E-state index contributed by atoms with van der Waals surface area (Å²) in [6.07, 6.45) is 1.80. The van der Waals surface area contributed by atoms with Crippen LogP contribution in [0, 0.1) is 10.8 Å². The van der Waals surface area contributed by atoms with Gasteiger partial charge in [0.05, 0.1) is 5.41 Å². The van der Waals surface area contributed by atoms with Crippen LogP contribution in [0.3, 0.4) is 0 Å². The number of carbonyl (C=O) groups is 2. The Kier molecular flexibility index (Phi) is 0.821. The molecule has 1 atom stereocenters. The van der Waals surface area contributed by atoms with Gasteiger partial charge in [0, 0.05) is 11.0 Å². The maximum absolute atomic E-state index is 11.3. The number of Topliss-reactive ketones (excluding diaryl/α,β-unsaturated/α-hetero) is 2. The van der Waals surface area contributed by atoms with E-state index in [1.165, 1.54) is 0 Å². The van der Waals surface area contributed by atoms with Crippen molar-refractivity contribution in [3.05, 3.63) is 11.6 Å². The van der Waals surface area contributed by atoms with Gasteiger partial charge in [-0.05, 0) is 6.92 Å². The molecule has 0 aliphatic heterocycles. The summed E-state index contributed by atoms with van der Waals surface area (Å²) in [5, 5.41) is 0. The average Bonchev–Trinajstić information content (AvgIpc) is 2.22. The van der Waals surface area contributed by atoms with Crippen molar-refractivity contribution in [2.75, 3.05) is 0 Å². The number of rotatable bonds is 0. The first-order valence-corrected chi connectivity index (χ1v) is 3.74. The molecule has 3 aliphatic rings. The molecule has 58 valence electrons. The zero-order valence-corrected chi connectivity index (χ0v) is 6.89. The maximum Gasteiger partial charge on any atom is 0.225 e. The van der Waals surface area contributed by atoms with Crippen molar-refractivity contribution < 1.29 is 9.59 Å². The summed E-state index contributed by atoms with van der Waals surface area (Å²) < 4.78 is 0. The molecule has 0 aromatic heterocycles. The van der Waals surface area contributed by atoms with E-state index < -0.39 is 5.41 Å². The molecule has 3 rings (SSSR count). The van der Waals surface area contributed by atoms with Crippen LogP contribution in [0.4, 0.5) is 0 Å². The molecule has 0 heterocycles. The van der Waals surface area contributed by atoms with Crippen LogP contribution in [0.1, 0.15) is 20.8 Å². The van der Waals surface area contributed by atoms with E-state index in [4.69, 9.17) is 0 Å². The molecule has 11 heavy (non-hydrogen) atoms. The van der Waals surface area contributed by atoms with Gasteiger partial charge in [0.15, 0.2) is 0 Å². The fourth-order valence-corrected chi connectivity index (χ4v) is 1.91. The van der Waals surface area contributed by atoms with Gasteiger partial charge in [-0.1, -0.05) is 19.9 Å². The molecule has 2 heteroatoms. The standard InChI is InChI=1S/C9H10O2/c1-8(2)5-4-9(8,3)7(11)6(5)10/h4H,1-3H3. The Morgan fingerprint density at radius 2 is 1.73 bits per heavy atom. The lowest BCUT2D eigenvalue weighted by Crippen LogP contribution is -2.40. The summed E-state index contributed by atoms with van der Waals surface area (Å²) in [5.41, 5.74) is 0.0191. The van der Waals surface area contributed by atoms with Crippen molar-refractivity contribution in [1.82, 2.24) is 0 Å². The molecule has 0 saturated heterocycles. The Morgan fingerprint density at radius 1 is 1.18 bits per heavy atom. The Labute approximate surface area is 65.3 Å². The lowest BCUT2D eigenvalue weighted by Gasteiger charge is -2.41. The Bertz CT molecular complexity index is 310. The summed E-state index contributed by atoms with van der Waals surface area (Å²) in [6, 6.07) is 0. The van der Waals surface area contributed by atoms with Crippen molar-refractivity contribution in [2.45, 2.75) is 20.8 Å². The van der Waals surface area contributed by atoms with E-state index in [2.05, 4.69) is 0 Å². The molecule has 2 nitrogen and oxygen atoms in total. The van der Waals surface area contributed by atoms with Gasteiger partial charge in [-0.3, -0.25) is 9.59 Å². The van der Waals surface area contributed by atoms with Crippen molar-refractivity contribution in [3.8, 4) is 0 Å². The highest BCUT2D eigenvalue weighted by Gasteiger charge is 2.65. The van der Waals surface area contributed by atoms with Crippen LogP contribution < -0.4 is 0 Å². The second-order valence-corrected chi connectivity index (χ2v) is 4.04. The molecule has 1 unspecified atom stereocenters. The molecule has 0 spiro atoms. The van der Waals surface area contributed by atoms with Gasteiger partial charge in [-0.2, -0.15) is 0 Å². The lowest BCUT2D eigenvalue weighted by molar-refractivity contribution is -0.136. The van der Waals surface area contributed by atoms with Crippen molar-refractivity contribution in [2.24, 2.45) is 10.8 Å². The van der Waals surface area contributed by atoms with E-state index in [0.717, 1.165) is 0 Å². The van der Waals surface area contributed by atoms with Crippen LogP contribution in [-0.4, -0.2) is 11.6 Å². The van der Waals surface area contributed by atoms with Crippen LogP contribution >= 0.6 is 0 Å². The van der Waals surface area contributed by atoms with Crippen molar-refractivity contribution >= 4 is 11.6 Å². The molecule has 2 bridgehead atoms. The predicted octanol–water partition coefficient (Wildman–Crippen LogP) is 1.11. The molecule has 0 amide bonds. The fourth-order valence-electron chi connectivity index (χ4n) is 1.91. The van der Waals surface area contributed by atoms with Crippen LogP contribution in [0.5, 0.6) is 0 Å². The van der Waals surface area contributed by atoms with Gasteiger partial charge >= 0.3 is 0 Å². The van der Waals surface area contributed by atoms with Crippen LogP contribution in [0.25, 0.3) is 0 Å². The summed E-state index contributed by atoms with van der Waals surface area (Å²) in [5.74, 6) is -0.491. The SMILES string of the molecule is CC1(C)C2=CC1(C)C(=O)C2=O. The van der Waals surface area contributed by atoms with E-state index in [0.29, 0.717) is 5.57 Å². The minimum Gasteiger partial charge on any atom is -0.289 e. The van der Waals surface area contributed by atoms with Gasteiger partial charge in [-0.15, -0.1) is 0 Å². The average molecular weight is 150 g/mol. The highest BCUT2D eigenvalue weighted by atomic mass is 16.2. The van der Waals surface area contributed by atoms with E-state index in [-0.39, 0.29) is 17.0 Å². The summed E-state index contributed by atoms with van der Waals surface area (Å²) >= 11 is 0. The first kappa shape index (κ1) is 6.77. The van der Waals surface area contributed by atoms with Crippen LogP contribution in [0.2, 0.25) is 0 Å². The van der Waals surface area contributed by atoms with E-state index in [1.54, 1.807) is 6.08 Å². The third-order valence-corrected chi connectivity index (χ3v) is 3.33. The quantitative estimate of drug-likeness (QED) is 0.485. The first-order chi connectivity index (χ1) is 4.91. The lowest BCUT2D eigenvalue weighted by atomic mass is 9.59. The Balaban J connectivity index is 2.64. The zero-order chi connectivity index (χ0) is 8.44. The molecule has 3 aliphatic carbocycles. The van der Waals surface area contributed by atoms with Gasteiger partial charge in [0.2, 0.25) is 11.6 Å². The number of fused-ring (bicyclic) bond motifs is 1. The van der Waals surface area contributed by atoms with Crippen LogP contribution in [-0.2, 0) is 9.59 Å². The second kappa shape index (κ2) is 1.33. The highest BCUT2D eigenvalue weighted by Crippen LogP contribution is 2.61. The summed E-state index contributed by atoms with van der Waals surface area (Å²) in [4.78, 5) is 22.4. The minimum atomic E-state index is -0.487. The number of ketones is 2. The molecule has 1 saturated carbocycles. The van der Waals surface area contributed by atoms with Gasteiger partial charge < -0.3 is 0 Å². The van der Waals surface area contributed by atoms with E-state index in [1.807, 2.05) is 20.8 Å². The van der Waals surface area contributed by atoms with Crippen LogP contribution in [0.15, 0.2) is 11.6 Å². The normalized spacial score (nSPS) is 38.6. The largest absolute Gasteiger partial charge is 0.289 e. The molecule has 0 radical (unpaired) electrons. The predicted molar refractivity (Wildman–Crippen MR) is 40.0 cm³/mol. The molecule has 1 fully saturated rings. The highest BCUT2D eigenvalue weighted by molar-refractivity contribution is 6.51. The number of hydrogen-bond donors (Lipinski definition) is 0. The molecule has 0 N–H and O–H groups in total. The monoisotopic (exact) mass is 150 g/mol. The summed E-state index contributed by atoms with van der Waals surface area (Å²) in [6.45, 7) is 5.74. The molecular weight excluding hydrogens is 140 g/mol. The van der Waals surface area contributed by atoms with Gasteiger partial charge in [0.25, 0.3) is 0 Å². The maximum atomic E-state index is 11.3. The summed E-state index contributed by atoms with van der Waals surface area (Å²) in [7, 11) is 0. The topological polar surface area (TPSA) is 34.1 Å². The zero-order valence-electron chi connectivity index (χ0n) is 6.89. The minimum absolute atomic E-state index is 0.207. The Hall–Kier alpha value is -0.920. The van der Waals surface area contributed by atoms with E-state index >= 15 is 0 Å². The third-order valence-electron chi connectivity index (χ3n) is 3.33. The van der Waals surface area contributed by atoms with Gasteiger partial charge in [0.1, 0.15) is 0 Å². The number of allylic oxidation sites excluding steroid dienone is 2. The molecule has 0 aromatic rings. The van der Waals surface area contributed by atoms with Crippen molar-refractivity contribution in [1.29, 1.82) is 0 Å². The van der Waals surface area contributed by atoms with E-state index in [9.17, 15) is 9.59 Å². The smallest absolute Gasteiger partial charge is 0.225 e. The first-order valence-electron chi connectivity index (χ1n) is 3.74. The Morgan fingerprint density at radius 3 is 1.82 bits per heavy atom. The third kappa shape index (κ3) is 0.416. The molecular formula is C9H10O2. The van der Waals surface area contributed by atoms with Crippen molar-refractivity contribution in [3.63, 3.8) is 0 Å². The second-order valence-electron chi connectivity index (χ2n) is 4.04. The number of hydrogen-bond acceptors (Lipinski definition) is 2. The fraction of sp³-hybridized carbons (Fsp3) is 0.556.